The van der Waals surface area contributed by atoms with E-state index in [1.807, 2.05) is 0 Å². The summed E-state index contributed by atoms with van der Waals surface area (Å²) < 4.78 is 0. The minimum Gasteiger partial charge on any atom is -0.311 e. The predicted octanol–water partition coefficient (Wildman–Crippen LogP) is 2.64. The lowest BCUT2D eigenvalue weighted by molar-refractivity contribution is 0.00465. The fourth-order valence-electron chi connectivity index (χ4n) is 3.48. The Labute approximate surface area is 101 Å². The lowest BCUT2D eigenvalue weighted by Crippen LogP contribution is -2.65. The maximum Gasteiger partial charge on any atom is 0.0334 e. The summed E-state index contributed by atoms with van der Waals surface area (Å²) in [5, 5.41) is 3.70. The summed E-state index contributed by atoms with van der Waals surface area (Å²) in [6.07, 6.45) is 7.15. The second kappa shape index (κ2) is 5.05. The molecule has 1 aliphatic carbocycles. The van der Waals surface area contributed by atoms with Crippen LogP contribution in [0.25, 0.3) is 0 Å². The van der Waals surface area contributed by atoms with Crippen LogP contribution in [0.15, 0.2) is 0 Å². The van der Waals surface area contributed by atoms with Crippen molar-refractivity contribution in [3.8, 4) is 0 Å². The molecule has 1 N–H and O–H groups in total. The lowest BCUT2D eigenvalue weighted by Gasteiger charge is -2.52. The highest BCUT2D eigenvalue weighted by Crippen LogP contribution is 2.35. The number of nitrogens with zero attached hydrogens (tertiary/aromatic N) is 1. The van der Waals surface area contributed by atoms with Gasteiger partial charge in [-0.15, -0.1) is 0 Å². The van der Waals surface area contributed by atoms with Gasteiger partial charge in [-0.2, -0.15) is 0 Å². The van der Waals surface area contributed by atoms with Crippen molar-refractivity contribution in [2.75, 3.05) is 19.6 Å². The lowest BCUT2D eigenvalue weighted by atomic mass is 9.78. The minimum absolute atomic E-state index is 0.509. The number of piperazine rings is 1. The Morgan fingerprint density at radius 2 is 1.94 bits per heavy atom. The van der Waals surface area contributed by atoms with Crippen molar-refractivity contribution in [3.05, 3.63) is 0 Å². The molecule has 0 bridgehead atoms. The Hall–Kier alpha value is -0.0800. The van der Waals surface area contributed by atoms with Gasteiger partial charge in [-0.3, -0.25) is 4.90 Å². The van der Waals surface area contributed by atoms with Gasteiger partial charge in [0.2, 0.25) is 0 Å². The zero-order valence-corrected chi connectivity index (χ0v) is 11.3. The first-order valence-corrected chi connectivity index (χ1v) is 7.11. The summed E-state index contributed by atoms with van der Waals surface area (Å²) in [5.41, 5.74) is 0.509. The quantitative estimate of drug-likeness (QED) is 0.776. The molecular weight excluding hydrogens is 196 g/mol. The highest BCUT2D eigenvalue weighted by Gasteiger charge is 2.41. The largest absolute Gasteiger partial charge is 0.311 e. The van der Waals surface area contributed by atoms with Crippen molar-refractivity contribution < 1.29 is 0 Å². The van der Waals surface area contributed by atoms with Gasteiger partial charge in [-0.1, -0.05) is 33.1 Å². The van der Waals surface area contributed by atoms with E-state index in [1.165, 1.54) is 51.7 Å². The Morgan fingerprint density at radius 1 is 1.25 bits per heavy atom. The SMILES string of the molecule is CC(C)CN1CC(C)NCC12CCCCC2. The van der Waals surface area contributed by atoms with Crippen LogP contribution in [0.2, 0.25) is 0 Å². The van der Waals surface area contributed by atoms with Gasteiger partial charge >= 0.3 is 0 Å². The number of nitrogens with one attached hydrogen (secondary N) is 1. The van der Waals surface area contributed by atoms with E-state index < -0.39 is 0 Å². The second-order valence-corrected chi connectivity index (χ2v) is 6.37. The van der Waals surface area contributed by atoms with Crippen molar-refractivity contribution in [2.45, 2.75) is 64.5 Å². The van der Waals surface area contributed by atoms with E-state index in [0.717, 1.165) is 5.92 Å². The van der Waals surface area contributed by atoms with E-state index in [0.29, 0.717) is 11.6 Å². The molecule has 2 heteroatoms. The van der Waals surface area contributed by atoms with E-state index in [-0.39, 0.29) is 0 Å². The average Bonchev–Trinajstić information content (AvgIpc) is 2.25. The van der Waals surface area contributed by atoms with Crippen molar-refractivity contribution in [3.63, 3.8) is 0 Å². The van der Waals surface area contributed by atoms with Crippen molar-refractivity contribution >= 4 is 0 Å². The number of hydrogen-bond acceptors (Lipinski definition) is 2. The van der Waals surface area contributed by atoms with E-state index in [1.54, 1.807) is 0 Å². The Bertz CT molecular complexity index is 217. The Morgan fingerprint density at radius 3 is 2.56 bits per heavy atom. The smallest absolute Gasteiger partial charge is 0.0334 e. The van der Waals surface area contributed by atoms with E-state index in [2.05, 4.69) is 31.0 Å². The zero-order chi connectivity index (χ0) is 11.6. The summed E-state index contributed by atoms with van der Waals surface area (Å²) in [6, 6.07) is 0.673. The Balaban J connectivity index is 2.06. The topological polar surface area (TPSA) is 15.3 Å². The van der Waals surface area contributed by atoms with E-state index >= 15 is 0 Å². The van der Waals surface area contributed by atoms with Crippen molar-refractivity contribution in [2.24, 2.45) is 5.92 Å². The highest BCUT2D eigenvalue weighted by molar-refractivity contribution is 4.99. The molecule has 1 saturated heterocycles. The zero-order valence-electron chi connectivity index (χ0n) is 11.3. The van der Waals surface area contributed by atoms with Crippen LogP contribution in [0, 0.1) is 5.92 Å². The van der Waals surface area contributed by atoms with Crippen LogP contribution in [0.1, 0.15) is 52.9 Å². The number of rotatable bonds is 2. The maximum atomic E-state index is 3.70. The molecule has 0 radical (unpaired) electrons. The van der Waals surface area contributed by atoms with Crippen LogP contribution in [-0.2, 0) is 0 Å². The first-order valence-electron chi connectivity index (χ1n) is 7.11. The van der Waals surface area contributed by atoms with Gasteiger partial charge in [0.15, 0.2) is 0 Å². The standard InChI is InChI=1S/C14H28N2/c1-12(2)9-16-10-13(3)15-11-14(16)7-5-4-6-8-14/h12-13,15H,4-11H2,1-3H3. The van der Waals surface area contributed by atoms with Crippen molar-refractivity contribution in [1.29, 1.82) is 0 Å². The molecule has 94 valence electrons. The molecular formula is C14H28N2. The number of hydrogen-bond donors (Lipinski definition) is 1. The molecule has 1 aliphatic heterocycles. The van der Waals surface area contributed by atoms with E-state index in [4.69, 9.17) is 0 Å². The van der Waals surface area contributed by atoms with Crippen LogP contribution in [0.4, 0.5) is 0 Å². The van der Waals surface area contributed by atoms with Crippen LogP contribution < -0.4 is 5.32 Å². The van der Waals surface area contributed by atoms with Gasteiger partial charge in [-0.25, -0.2) is 0 Å². The molecule has 1 spiro atoms. The van der Waals surface area contributed by atoms with Crippen LogP contribution >= 0.6 is 0 Å². The summed E-state index contributed by atoms with van der Waals surface area (Å²) in [4.78, 5) is 2.80. The first kappa shape index (κ1) is 12.4. The fourth-order valence-corrected chi connectivity index (χ4v) is 3.48. The van der Waals surface area contributed by atoms with Gasteiger partial charge in [0.1, 0.15) is 0 Å². The van der Waals surface area contributed by atoms with Gasteiger partial charge in [-0.05, 0) is 25.7 Å². The molecule has 0 aromatic rings. The van der Waals surface area contributed by atoms with Crippen molar-refractivity contribution in [1.82, 2.24) is 10.2 Å². The second-order valence-electron chi connectivity index (χ2n) is 6.37. The molecule has 1 atom stereocenters. The molecule has 1 saturated carbocycles. The van der Waals surface area contributed by atoms with Gasteiger partial charge in [0.25, 0.3) is 0 Å². The minimum atomic E-state index is 0.509. The Kier molecular flexibility index (Phi) is 3.91. The third kappa shape index (κ3) is 2.60. The average molecular weight is 224 g/mol. The van der Waals surface area contributed by atoms with Gasteiger partial charge in [0, 0.05) is 31.2 Å². The molecule has 2 aliphatic rings. The predicted molar refractivity (Wildman–Crippen MR) is 69.7 cm³/mol. The first-order chi connectivity index (χ1) is 7.62. The van der Waals surface area contributed by atoms with Crippen LogP contribution in [0.5, 0.6) is 0 Å². The summed E-state index contributed by atoms with van der Waals surface area (Å²) in [6.45, 7) is 10.8. The fraction of sp³-hybridized carbons (Fsp3) is 1.00. The molecule has 2 nitrogen and oxygen atoms in total. The molecule has 1 heterocycles. The van der Waals surface area contributed by atoms with Crippen LogP contribution in [-0.4, -0.2) is 36.1 Å². The molecule has 0 amide bonds. The molecule has 2 rings (SSSR count). The normalized spacial score (nSPS) is 31.1. The van der Waals surface area contributed by atoms with Gasteiger partial charge < -0.3 is 5.32 Å². The molecule has 0 aromatic carbocycles. The van der Waals surface area contributed by atoms with Crippen LogP contribution in [0.3, 0.4) is 0 Å². The van der Waals surface area contributed by atoms with E-state index in [9.17, 15) is 0 Å². The highest BCUT2D eigenvalue weighted by atomic mass is 15.3. The molecule has 1 unspecified atom stereocenters. The third-order valence-corrected chi connectivity index (χ3v) is 4.31. The monoisotopic (exact) mass is 224 g/mol. The maximum absolute atomic E-state index is 3.70. The third-order valence-electron chi connectivity index (χ3n) is 4.31. The summed E-state index contributed by atoms with van der Waals surface area (Å²) >= 11 is 0. The van der Waals surface area contributed by atoms with Gasteiger partial charge in [0.05, 0.1) is 0 Å². The molecule has 2 fully saturated rings. The molecule has 16 heavy (non-hydrogen) atoms. The summed E-state index contributed by atoms with van der Waals surface area (Å²) in [7, 11) is 0. The molecule has 0 aromatic heterocycles. The summed E-state index contributed by atoms with van der Waals surface area (Å²) in [5.74, 6) is 0.795.